The van der Waals surface area contributed by atoms with Crippen molar-refractivity contribution >= 4 is 27.5 Å². The Morgan fingerprint density at radius 1 is 0.941 bits per heavy atom. The third-order valence-electron chi connectivity index (χ3n) is 5.78. The predicted octanol–water partition coefficient (Wildman–Crippen LogP) is 3.57. The van der Waals surface area contributed by atoms with E-state index < -0.39 is 28.5 Å². The first kappa shape index (κ1) is 27.4. The molecule has 1 atom stereocenters. The summed E-state index contributed by atoms with van der Waals surface area (Å²) >= 11 is 0. The molecule has 0 aliphatic carbocycles. The fourth-order valence-corrected chi connectivity index (χ4v) is 4.26. The largest absolute Gasteiger partial charge is 0.354 e. The molecule has 2 aromatic carbocycles. The fraction of sp³-hybridized carbons (Fsp3) is 0.462. The molecule has 8 heteroatoms. The number of amides is 2. The molecular formula is C26H37N3O4S. The van der Waals surface area contributed by atoms with Crippen LogP contribution in [0.3, 0.4) is 0 Å². The number of hydrogen-bond acceptors (Lipinski definition) is 4. The van der Waals surface area contributed by atoms with Gasteiger partial charge in [0.15, 0.2) is 0 Å². The predicted molar refractivity (Wildman–Crippen MR) is 137 cm³/mol. The number of aryl methyl sites for hydroxylation is 3. The average Bonchev–Trinajstić information content (AvgIpc) is 2.76. The Bertz CT molecular complexity index is 1110. The molecule has 0 aromatic heterocycles. The van der Waals surface area contributed by atoms with Crippen molar-refractivity contribution in [3.8, 4) is 0 Å². The Morgan fingerprint density at radius 2 is 1.56 bits per heavy atom. The van der Waals surface area contributed by atoms with Crippen LogP contribution in [0.2, 0.25) is 0 Å². The highest BCUT2D eigenvalue weighted by molar-refractivity contribution is 7.92. The minimum Gasteiger partial charge on any atom is -0.354 e. The molecule has 0 aliphatic heterocycles. The monoisotopic (exact) mass is 487 g/mol. The quantitative estimate of drug-likeness (QED) is 0.555. The molecule has 0 unspecified atom stereocenters. The molecule has 2 amide bonds. The van der Waals surface area contributed by atoms with Crippen LogP contribution in [0.5, 0.6) is 0 Å². The van der Waals surface area contributed by atoms with Crippen molar-refractivity contribution in [1.82, 2.24) is 10.2 Å². The molecule has 1 N–H and O–H groups in total. The average molecular weight is 488 g/mol. The van der Waals surface area contributed by atoms with E-state index in [1.165, 1.54) is 4.90 Å². The van der Waals surface area contributed by atoms with Crippen LogP contribution in [0.1, 0.15) is 43.0 Å². The normalized spacial score (nSPS) is 12.4. The molecular weight excluding hydrogens is 450 g/mol. The summed E-state index contributed by atoms with van der Waals surface area (Å²) in [7, 11) is -3.74. The van der Waals surface area contributed by atoms with Gasteiger partial charge >= 0.3 is 0 Å². The van der Waals surface area contributed by atoms with Crippen LogP contribution in [-0.2, 0) is 26.2 Å². The molecule has 7 nitrogen and oxygen atoms in total. The van der Waals surface area contributed by atoms with Gasteiger partial charge in [0.1, 0.15) is 12.6 Å². The first-order valence-corrected chi connectivity index (χ1v) is 13.3. The summed E-state index contributed by atoms with van der Waals surface area (Å²) in [5, 5.41) is 2.88. The van der Waals surface area contributed by atoms with E-state index in [-0.39, 0.29) is 18.4 Å². The van der Waals surface area contributed by atoms with E-state index in [9.17, 15) is 18.0 Å². The number of anilines is 1. The first-order valence-electron chi connectivity index (χ1n) is 11.5. The minimum atomic E-state index is -3.74. The maximum Gasteiger partial charge on any atom is 0.244 e. The number of sulfonamides is 1. The molecule has 0 fully saturated rings. The topological polar surface area (TPSA) is 86.8 Å². The molecule has 0 bridgehead atoms. The maximum atomic E-state index is 13.5. The highest BCUT2D eigenvalue weighted by atomic mass is 32.2. The highest BCUT2D eigenvalue weighted by Gasteiger charge is 2.30. The summed E-state index contributed by atoms with van der Waals surface area (Å²) in [6, 6.07) is 12.2. The number of nitrogens with zero attached hydrogens (tertiary/aromatic N) is 2. The van der Waals surface area contributed by atoms with E-state index in [2.05, 4.69) is 5.32 Å². The van der Waals surface area contributed by atoms with Gasteiger partial charge in [-0.1, -0.05) is 49.7 Å². The molecule has 0 spiro atoms. The number of rotatable bonds is 10. The van der Waals surface area contributed by atoms with Crippen molar-refractivity contribution < 1.29 is 18.0 Å². The lowest BCUT2D eigenvalue weighted by molar-refractivity contribution is -0.139. The summed E-state index contributed by atoms with van der Waals surface area (Å²) < 4.78 is 26.4. The SMILES string of the molecule is Cc1ccc(CN(C(=O)CN(c2ccc(C)c(C)c2)S(C)(=O)=O)[C@@H](C)C(=O)NCC(C)C)cc1. The summed E-state index contributed by atoms with van der Waals surface area (Å²) in [4.78, 5) is 27.8. The van der Waals surface area contributed by atoms with Gasteiger partial charge in [-0.3, -0.25) is 13.9 Å². The third kappa shape index (κ3) is 7.58. The van der Waals surface area contributed by atoms with Gasteiger partial charge < -0.3 is 10.2 Å². The Balaban J connectivity index is 2.37. The van der Waals surface area contributed by atoms with Gasteiger partial charge in [-0.2, -0.15) is 0 Å². The zero-order chi connectivity index (χ0) is 25.6. The molecule has 0 saturated carbocycles. The van der Waals surface area contributed by atoms with Gasteiger partial charge in [0.25, 0.3) is 0 Å². The van der Waals surface area contributed by atoms with Crippen molar-refractivity contribution in [2.24, 2.45) is 5.92 Å². The lowest BCUT2D eigenvalue weighted by Crippen LogP contribution is -2.51. The maximum absolute atomic E-state index is 13.5. The molecule has 186 valence electrons. The summed E-state index contributed by atoms with van der Waals surface area (Å²) in [5.41, 5.74) is 4.32. The summed E-state index contributed by atoms with van der Waals surface area (Å²) in [6.45, 7) is 11.8. The van der Waals surface area contributed by atoms with Crippen molar-refractivity contribution in [2.45, 2.75) is 54.1 Å². The van der Waals surface area contributed by atoms with Gasteiger partial charge in [-0.25, -0.2) is 8.42 Å². The Kier molecular flexibility index (Phi) is 9.27. The molecule has 0 aliphatic rings. The van der Waals surface area contributed by atoms with Crippen molar-refractivity contribution in [3.63, 3.8) is 0 Å². The third-order valence-corrected chi connectivity index (χ3v) is 6.92. The Morgan fingerprint density at radius 3 is 2.09 bits per heavy atom. The fourth-order valence-electron chi connectivity index (χ4n) is 3.42. The summed E-state index contributed by atoms with van der Waals surface area (Å²) in [5.74, 6) is -0.453. The van der Waals surface area contributed by atoms with Gasteiger partial charge in [0.05, 0.1) is 11.9 Å². The minimum absolute atomic E-state index is 0.194. The number of nitrogens with one attached hydrogen (secondary N) is 1. The van der Waals surface area contributed by atoms with Crippen molar-refractivity contribution in [2.75, 3.05) is 23.7 Å². The van der Waals surface area contributed by atoms with E-state index in [0.717, 1.165) is 32.8 Å². The number of carbonyl (C=O) groups excluding carboxylic acids is 2. The van der Waals surface area contributed by atoms with Crippen LogP contribution < -0.4 is 9.62 Å². The van der Waals surface area contributed by atoms with Crippen LogP contribution in [0.4, 0.5) is 5.69 Å². The van der Waals surface area contributed by atoms with E-state index in [1.54, 1.807) is 19.1 Å². The van der Waals surface area contributed by atoms with Crippen LogP contribution in [-0.4, -0.2) is 50.5 Å². The Labute approximate surface area is 204 Å². The van der Waals surface area contributed by atoms with Crippen LogP contribution in [0.25, 0.3) is 0 Å². The second-order valence-electron chi connectivity index (χ2n) is 9.36. The highest BCUT2D eigenvalue weighted by Crippen LogP contribution is 2.22. The van der Waals surface area contributed by atoms with E-state index in [0.29, 0.717) is 12.2 Å². The van der Waals surface area contributed by atoms with Gasteiger partial charge in [-0.15, -0.1) is 0 Å². The lowest BCUT2D eigenvalue weighted by atomic mass is 10.1. The molecule has 2 rings (SSSR count). The van der Waals surface area contributed by atoms with Gasteiger partial charge in [0, 0.05) is 13.1 Å². The molecule has 0 heterocycles. The zero-order valence-corrected chi connectivity index (χ0v) is 22.1. The standard InChI is InChI=1S/C26H37N3O4S/c1-18(2)15-27-26(31)22(6)28(16-23-11-8-19(3)9-12-23)25(30)17-29(34(7,32)33)24-13-10-20(4)21(5)14-24/h8-14,18,22H,15-17H2,1-7H3,(H,27,31)/t22-/m0/s1. The molecule has 34 heavy (non-hydrogen) atoms. The molecule has 0 radical (unpaired) electrons. The van der Waals surface area contributed by atoms with E-state index in [4.69, 9.17) is 0 Å². The first-order chi connectivity index (χ1) is 15.8. The van der Waals surface area contributed by atoms with Crippen LogP contribution >= 0.6 is 0 Å². The molecule has 0 saturated heterocycles. The van der Waals surface area contributed by atoms with Crippen LogP contribution in [0.15, 0.2) is 42.5 Å². The number of hydrogen-bond donors (Lipinski definition) is 1. The van der Waals surface area contributed by atoms with Crippen LogP contribution in [0, 0.1) is 26.7 Å². The smallest absolute Gasteiger partial charge is 0.244 e. The van der Waals surface area contributed by atoms with Gasteiger partial charge in [-0.05, 0) is 62.4 Å². The Hall–Kier alpha value is -2.87. The van der Waals surface area contributed by atoms with E-state index in [1.807, 2.05) is 65.0 Å². The van der Waals surface area contributed by atoms with Crippen molar-refractivity contribution in [3.05, 3.63) is 64.7 Å². The lowest BCUT2D eigenvalue weighted by Gasteiger charge is -2.31. The van der Waals surface area contributed by atoms with Gasteiger partial charge in [0.2, 0.25) is 21.8 Å². The number of benzene rings is 2. The zero-order valence-electron chi connectivity index (χ0n) is 21.3. The summed E-state index contributed by atoms with van der Waals surface area (Å²) in [6.07, 6.45) is 1.08. The second kappa shape index (κ2) is 11.5. The van der Waals surface area contributed by atoms with Crippen molar-refractivity contribution in [1.29, 1.82) is 0 Å². The number of carbonyl (C=O) groups is 2. The second-order valence-corrected chi connectivity index (χ2v) is 11.3. The molecule has 2 aromatic rings. The van der Waals surface area contributed by atoms with E-state index >= 15 is 0 Å².